The lowest BCUT2D eigenvalue weighted by Gasteiger charge is -2.11. The first kappa shape index (κ1) is 21.2. The quantitative estimate of drug-likeness (QED) is 0.511. The maximum atomic E-state index is 12.7. The summed E-state index contributed by atoms with van der Waals surface area (Å²) in [4.78, 5) is 12.4. The van der Waals surface area contributed by atoms with Crippen LogP contribution in [-0.2, 0) is 16.6 Å². The number of rotatable bonds is 8. The molecule has 0 radical (unpaired) electrons. The number of amides is 1. The zero-order chi connectivity index (χ0) is 21.6. The summed E-state index contributed by atoms with van der Waals surface area (Å²) in [6.07, 6.45) is 0. The standard InChI is InChI=1S/C22H22N2O5S/c1-2-29-19-12-10-18(11-13-19)24-30(27,28)20-8-5-7-16(14-20)22(26)23-15-17-6-3-4-9-21(17)25/h3-14,24-25H,2,15H2,1H3,(H,23,26). The van der Waals surface area contributed by atoms with E-state index in [0.717, 1.165) is 0 Å². The first-order valence-electron chi connectivity index (χ1n) is 9.30. The highest BCUT2D eigenvalue weighted by Gasteiger charge is 2.17. The van der Waals surface area contributed by atoms with Crippen LogP contribution in [0.2, 0.25) is 0 Å². The topological polar surface area (TPSA) is 105 Å². The Balaban J connectivity index is 1.71. The summed E-state index contributed by atoms with van der Waals surface area (Å²) in [6, 6.07) is 18.9. The van der Waals surface area contributed by atoms with Crippen molar-refractivity contribution in [1.29, 1.82) is 0 Å². The molecular formula is C22H22N2O5S. The van der Waals surface area contributed by atoms with E-state index in [4.69, 9.17) is 4.74 Å². The molecule has 8 heteroatoms. The molecule has 0 bridgehead atoms. The maximum absolute atomic E-state index is 12.7. The lowest BCUT2D eigenvalue weighted by atomic mass is 10.2. The molecule has 0 aliphatic rings. The van der Waals surface area contributed by atoms with E-state index in [1.807, 2.05) is 6.92 Å². The predicted octanol–water partition coefficient (Wildman–Crippen LogP) is 3.52. The van der Waals surface area contributed by atoms with Gasteiger partial charge >= 0.3 is 0 Å². The van der Waals surface area contributed by atoms with Gasteiger partial charge in [-0.15, -0.1) is 0 Å². The van der Waals surface area contributed by atoms with Gasteiger partial charge in [-0.05, 0) is 55.5 Å². The minimum Gasteiger partial charge on any atom is -0.508 e. The van der Waals surface area contributed by atoms with Crippen LogP contribution >= 0.6 is 0 Å². The SMILES string of the molecule is CCOc1ccc(NS(=O)(=O)c2cccc(C(=O)NCc3ccccc3O)c2)cc1. The molecule has 0 unspecified atom stereocenters. The van der Waals surface area contributed by atoms with E-state index in [0.29, 0.717) is 23.6 Å². The normalized spacial score (nSPS) is 11.0. The Kier molecular flexibility index (Phi) is 6.58. The number of carbonyl (C=O) groups excluding carboxylic acids is 1. The van der Waals surface area contributed by atoms with E-state index < -0.39 is 15.9 Å². The highest BCUT2D eigenvalue weighted by molar-refractivity contribution is 7.92. The molecule has 0 saturated carbocycles. The Morgan fingerprint density at radius 1 is 1.00 bits per heavy atom. The lowest BCUT2D eigenvalue weighted by molar-refractivity contribution is 0.0950. The summed E-state index contributed by atoms with van der Waals surface area (Å²) in [7, 11) is -3.88. The van der Waals surface area contributed by atoms with Crippen LogP contribution in [-0.4, -0.2) is 26.0 Å². The number of phenolic OH excluding ortho intramolecular Hbond substituents is 1. The third-order valence-corrected chi connectivity index (χ3v) is 5.63. The molecule has 0 aliphatic heterocycles. The smallest absolute Gasteiger partial charge is 0.261 e. The monoisotopic (exact) mass is 426 g/mol. The minimum atomic E-state index is -3.88. The number of phenols is 1. The molecule has 1 amide bonds. The van der Waals surface area contributed by atoms with Gasteiger partial charge in [0.2, 0.25) is 0 Å². The molecule has 156 valence electrons. The number of carbonyl (C=O) groups is 1. The molecule has 30 heavy (non-hydrogen) atoms. The van der Waals surface area contributed by atoms with Gasteiger partial charge in [-0.1, -0.05) is 24.3 Å². The van der Waals surface area contributed by atoms with Crippen LogP contribution in [0.25, 0.3) is 0 Å². The summed E-state index contributed by atoms with van der Waals surface area (Å²) < 4.78 is 33.2. The van der Waals surface area contributed by atoms with E-state index in [9.17, 15) is 18.3 Å². The lowest BCUT2D eigenvalue weighted by Crippen LogP contribution is -2.23. The number of ether oxygens (including phenoxy) is 1. The summed E-state index contributed by atoms with van der Waals surface area (Å²) in [5.74, 6) is 0.272. The van der Waals surface area contributed by atoms with Crippen LogP contribution in [0.1, 0.15) is 22.8 Å². The van der Waals surface area contributed by atoms with E-state index in [1.165, 1.54) is 30.3 Å². The second-order valence-electron chi connectivity index (χ2n) is 6.40. The number of nitrogens with one attached hydrogen (secondary N) is 2. The largest absolute Gasteiger partial charge is 0.508 e. The van der Waals surface area contributed by atoms with Crippen molar-refractivity contribution in [3.63, 3.8) is 0 Å². The van der Waals surface area contributed by atoms with Crippen molar-refractivity contribution in [2.75, 3.05) is 11.3 Å². The van der Waals surface area contributed by atoms with Gasteiger partial charge < -0.3 is 15.2 Å². The van der Waals surface area contributed by atoms with Crippen molar-refractivity contribution in [3.05, 3.63) is 83.9 Å². The number of benzene rings is 3. The van der Waals surface area contributed by atoms with Crippen molar-refractivity contribution < 1.29 is 23.1 Å². The number of para-hydroxylation sites is 1. The third kappa shape index (κ3) is 5.30. The summed E-state index contributed by atoms with van der Waals surface area (Å²) in [6.45, 7) is 2.50. The van der Waals surface area contributed by atoms with E-state index in [2.05, 4.69) is 10.0 Å². The fourth-order valence-electron chi connectivity index (χ4n) is 2.74. The Morgan fingerprint density at radius 2 is 1.73 bits per heavy atom. The second kappa shape index (κ2) is 9.32. The number of hydrogen-bond acceptors (Lipinski definition) is 5. The van der Waals surface area contributed by atoms with Crippen LogP contribution in [0, 0.1) is 0 Å². The maximum Gasteiger partial charge on any atom is 0.261 e. The van der Waals surface area contributed by atoms with Gasteiger partial charge in [0.25, 0.3) is 15.9 Å². The fourth-order valence-corrected chi connectivity index (χ4v) is 3.85. The van der Waals surface area contributed by atoms with E-state index in [1.54, 1.807) is 42.5 Å². The first-order chi connectivity index (χ1) is 14.4. The molecule has 3 N–H and O–H groups in total. The predicted molar refractivity (Wildman–Crippen MR) is 114 cm³/mol. The first-order valence-corrected chi connectivity index (χ1v) is 10.8. The van der Waals surface area contributed by atoms with Crippen molar-refractivity contribution in [2.24, 2.45) is 0 Å². The molecule has 7 nitrogen and oxygen atoms in total. The van der Waals surface area contributed by atoms with Gasteiger partial charge in [-0.2, -0.15) is 0 Å². The Bertz CT molecular complexity index is 1130. The molecule has 0 atom stereocenters. The number of aromatic hydroxyl groups is 1. The zero-order valence-corrected chi connectivity index (χ0v) is 17.1. The third-order valence-electron chi connectivity index (χ3n) is 4.26. The highest BCUT2D eigenvalue weighted by Crippen LogP contribution is 2.20. The minimum absolute atomic E-state index is 0.0356. The van der Waals surface area contributed by atoms with Crippen molar-refractivity contribution >= 4 is 21.6 Å². The van der Waals surface area contributed by atoms with Gasteiger partial charge in [0.05, 0.1) is 11.5 Å². The Labute approximate surface area is 175 Å². The van der Waals surface area contributed by atoms with Crippen LogP contribution in [0.4, 0.5) is 5.69 Å². The van der Waals surface area contributed by atoms with Gasteiger partial charge in [-0.25, -0.2) is 8.42 Å². The molecule has 0 saturated heterocycles. The number of sulfonamides is 1. The van der Waals surface area contributed by atoms with Crippen LogP contribution in [0.15, 0.2) is 77.7 Å². The molecule has 0 aromatic heterocycles. The van der Waals surface area contributed by atoms with Crippen molar-refractivity contribution in [2.45, 2.75) is 18.4 Å². The molecular weight excluding hydrogens is 404 g/mol. The average molecular weight is 426 g/mol. The molecule has 0 spiro atoms. The zero-order valence-electron chi connectivity index (χ0n) is 16.3. The second-order valence-corrected chi connectivity index (χ2v) is 8.08. The van der Waals surface area contributed by atoms with Crippen LogP contribution < -0.4 is 14.8 Å². The molecule has 3 aromatic rings. The molecule has 3 rings (SSSR count). The van der Waals surface area contributed by atoms with Gasteiger partial charge in [-0.3, -0.25) is 9.52 Å². The van der Waals surface area contributed by atoms with Gasteiger partial charge in [0.1, 0.15) is 11.5 Å². The molecule has 0 aliphatic carbocycles. The summed E-state index contributed by atoms with van der Waals surface area (Å²) in [5, 5.41) is 12.5. The molecule has 3 aromatic carbocycles. The van der Waals surface area contributed by atoms with E-state index in [-0.39, 0.29) is 22.8 Å². The number of anilines is 1. The van der Waals surface area contributed by atoms with Crippen molar-refractivity contribution in [1.82, 2.24) is 5.32 Å². The Morgan fingerprint density at radius 3 is 2.43 bits per heavy atom. The van der Waals surface area contributed by atoms with Crippen molar-refractivity contribution in [3.8, 4) is 11.5 Å². The Hall–Kier alpha value is -3.52. The summed E-state index contributed by atoms with van der Waals surface area (Å²) in [5.41, 5.74) is 1.14. The van der Waals surface area contributed by atoms with E-state index >= 15 is 0 Å². The summed E-state index contributed by atoms with van der Waals surface area (Å²) >= 11 is 0. The van der Waals surface area contributed by atoms with Gasteiger partial charge in [0.15, 0.2) is 0 Å². The molecule has 0 heterocycles. The average Bonchev–Trinajstić information content (AvgIpc) is 2.74. The van der Waals surface area contributed by atoms with Gasteiger partial charge in [0, 0.05) is 23.4 Å². The van der Waals surface area contributed by atoms with Crippen LogP contribution in [0.5, 0.6) is 11.5 Å². The number of hydrogen-bond donors (Lipinski definition) is 3. The van der Waals surface area contributed by atoms with Crippen LogP contribution in [0.3, 0.4) is 0 Å². The fraction of sp³-hybridized carbons (Fsp3) is 0.136. The highest BCUT2D eigenvalue weighted by atomic mass is 32.2. The molecule has 0 fully saturated rings.